The monoisotopic (exact) mass is 260 g/mol. The molecule has 6 heteroatoms. The largest absolute Gasteiger partial charge is 0.384 e. The molecule has 0 aliphatic carbocycles. The van der Waals surface area contributed by atoms with Crippen LogP contribution in [0.1, 0.15) is 29.5 Å². The molecule has 1 amide bonds. The van der Waals surface area contributed by atoms with Crippen molar-refractivity contribution in [3.8, 4) is 0 Å². The molecular weight excluding hydrogens is 244 g/mol. The van der Waals surface area contributed by atoms with Gasteiger partial charge in [0.25, 0.3) is 5.91 Å². The minimum absolute atomic E-state index is 0.104. The van der Waals surface area contributed by atoms with E-state index in [-0.39, 0.29) is 11.9 Å². The van der Waals surface area contributed by atoms with Gasteiger partial charge in [0.05, 0.1) is 5.56 Å². The number of carbonyl (C=O) groups excluding carboxylic acids is 1. The maximum absolute atomic E-state index is 12.1. The third kappa shape index (κ3) is 3.31. The van der Waals surface area contributed by atoms with Gasteiger partial charge in [-0.05, 0) is 25.5 Å². The van der Waals surface area contributed by atoms with Crippen LogP contribution in [-0.2, 0) is 0 Å². The van der Waals surface area contributed by atoms with Gasteiger partial charge in [-0.3, -0.25) is 10.1 Å². The lowest BCUT2D eigenvalue weighted by Crippen LogP contribution is -2.15. The van der Waals surface area contributed by atoms with Gasteiger partial charge in [0.1, 0.15) is 0 Å². The molecule has 1 aromatic heterocycles. The fraction of sp³-hybridized carbons (Fsp3) is 0.308. The van der Waals surface area contributed by atoms with Crippen LogP contribution in [0.4, 0.5) is 11.7 Å². The molecule has 0 unspecified atom stereocenters. The highest BCUT2D eigenvalue weighted by atomic mass is 16.5. The van der Waals surface area contributed by atoms with Crippen LogP contribution in [0.25, 0.3) is 0 Å². The van der Waals surface area contributed by atoms with Crippen LogP contribution in [0, 0.1) is 6.92 Å². The Morgan fingerprint density at radius 3 is 2.84 bits per heavy atom. The second-order valence-electron chi connectivity index (χ2n) is 4.07. The van der Waals surface area contributed by atoms with Crippen molar-refractivity contribution in [1.82, 2.24) is 10.1 Å². The zero-order valence-corrected chi connectivity index (χ0v) is 10.9. The van der Waals surface area contributed by atoms with Crippen molar-refractivity contribution in [2.45, 2.75) is 20.3 Å². The van der Waals surface area contributed by atoms with Crippen LogP contribution in [0.5, 0.6) is 0 Å². The fourth-order valence-corrected chi connectivity index (χ4v) is 1.61. The summed E-state index contributed by atoms with van der Waals surface area (Å²) in [6.45, 7) is 4.57. The maximum atomic E-state index is 12.1. The lowest BCUT2D eigenvalue weighted by atomic mass is 10.1. The van der Waals surface area contributed by atoms with Crippen molar-refractivity contribution in [2.24, 2.45) is 0 Å². The summed E-state index contributed by atoms with van der Waals surface area (Å²) in [7, 11) is 0. The maximum Gasteiger partial charge on any atom is 0.328 e. The molecule has 2 N–H and O–H groups in total. The topological polar surface area (TPSA) is 80.0 Å². The first-order valence-corrected chi connectivity index (χ1v) is 6.15. The molecule has 0 fully saturated rings. The minimum Gasteiger partial charge on any atom is -0.384 e. The van der Waals surface area contributed by atoms with Gasteiger partial charge < -0.3 is 9.84 Å². The Kier molecular flexibility index (Phi) is 4.12. The standard InChI is InChI=1S/C13H16N4O2/c1-3-8-14-11-7-5-4-6-10(11)12(18)16-13-15-9(2)17-19-13/h4-7,14H,3,8H2,1-2H3,(H,15,16,17,18). The van der Waals surface area contributed by atoms with Crippen molar-refractivity contribution in [3.63, 3.8) is 0 Å². The number of rotatable bonds is 5. The molecule has 0 spiro atoms. The summed E-state index contributed by atoms with van der Waals surface area (Å²) in [6.07, 6.45) is 0.985. The molecule has 0 aliphatic heterocycles. The van der Waals surface area contributed by atoms with Crippen LogP contribution in [0.15, 0.2) is 28.8 Å². The molecular formula is C13H16N4O2. The predicted molar refractivity (Wildman–Crippen MR) is 72.2 cm³/mol. The summed E-state index contributed by atoms with van der Waals surface area (Å²) in [5, 5.41) is 9.40. The first kappa shape index (κ1) is 13.1. The van der Waals surface area contributed by atoms with E-state index in [0.29, 0.717) is 11.4 Å². The second kappa shape index (κ2) is 5.99. The van der Waals surface area contributed by atoms with Crippen molar-refractivity contribution < 1.29 is 9.32 Å². The Morgan fingerprint density at radius 2 is 2.16 bits per heavy atom. The average molecular weight is 260 g/mol. The van der Waals surface area contributed by atoms with Gasteiger partial charge in [-0.1, -0.05) is 24.2 Å². The van der Waals surface area contributed by atoms with Crippen molar-refractivity contribution in [2.75, 3.05) is 17.2 Å². The van der Waals surface area contributed by atoms with Gasteiger partial charge in [-0.15, -0.1) is 0 Å². The Morgan fingerprint density at radius 1 is 1.37 bits per heavy atom. The summed E-state index contributed by atoms with van der Waals surface area (Å²) >= 11 is 0. The Bertz CT molecular complexity index is 565. The van der Waals surface area contributed by atoms with E-state index in [2.05, 4.69) is 27.7 Å². The van der Waals surface area contributed by atoms with Gasteiger partial charge in [0, 0.05) is 12.2 Å². The lowest BCUT2D eigenvalue weighted by molar-refractivity contribution is 0.102. The number of amides is 1. The molecule has 0 aliphatic rings. The Hall–Kier alpha value is -2.37. The van der Waals surface area contributed by atoms with E-state index in [1.54, 1.807) is 13.0 Å². The third-order valence-electron chi connectivity index (χ3n) is 2.49. The predicted octanol–water partition coefficient (Wildman–Crippen LogP) is 2.45. The number of para-hydroxylation sites is 1. The van der Waals surface area contributed by atoms with Crippen LogP contribution in [0.2, 0.25) is 0 Å². The van der Waals surface area contributed by atoms with Gasteiger partial charge >= 0.3 is 6.01 Å². The van der Waals surface area contributed by atoms with Crippen molar-refractivity contribution in [1.29, 1.82) is 0 Å². The normalized spacial score (nSPS) is 10.2. The number of benzene rings is 1. The first-order valence-electron chi connectivity index (χ1n) is 6.15. The number of anilines is 2. The quantitative estimate of drug-likeness (QED) is 0.863. The first-order chi connectivity index (χ1) is 9.20. The number of carbonyl (C=O) groups is 1. The molecule has 19 heavy (non-hydrogen) atoms. The molecule has 0 bridgehead atoms. The van der Waals surface area contributed by atoms with Gasteiger partial charge in [0.15, 0.2) is 5.82 Å². The number of hydrogen-bond donors (Lipinski definition) is 2. The molecule has 0 atom stereocenters. The number of hydrogen-bond acceptors (Lipinski definition) is 5. The number of nitrogens with zero attached hydrogens (tertiary/aromatic N) is 2. The van der Waals surface area contributed by atoms with E-state index >= 15 is 0 Å². The fourth-order valence-electron chi connectivity index (χ4n) is 1.61. The molecule has 0 saturated carbocycles. The highest BCUT2D eigenvalue weighted by Crippen LogP contribution is 2.16. The molecule has 1 heterocycles. The summed E-state index contributed by atoms with van der Waals surface area (Å²) in [6, 6.07) is 7.41. The molecule has 6 nitrogen and oxygen atoms in total. The van der Waals surface area contributed by atoms with Gasteiger partial charge in [0.2, 0.25) is 0 Å². The van der Waals surface area contributed by atoms with Gasteiger partial charge in [-0.2, -0.15) is 4.98 Å². The zero-order chi connectivity index (χ0) is 13.7. The van der Waals surface area contributed by atoms with Crippen LogP contribution < -0.4 is 10.6 Å². The van der Waals surface area contributed by atoms with E-state index in [4.69, 9.17) is 4.52 Å². The lowest BCUT2D eigenvalue weighted by Gasteiger charge is -2.09. The summed E-state index contributed by atoms with van der Waals surface area (Å²) in [5.41, 5.74) is 1.34. The Balaban J connectivity index is 2.14. The van der Waals surface area contributed by atoms with Crippen LogP contribution >= 0.6 is 0 Å². The summed E-state index contributed by atoms with van der Waals surface area (Å²) < 4.78 is 4.86. The smallest absolute Gasteiger partial charge is 0.328 e. The molecule has 0 saturated heterocycles. The highest BCUT2D eigenvalue weighted by molar-refractivity contribution is 6.07. The Labute approximate surface area is 111 Å². The second-order valence-corrected chi connectivity index (χ2v) is 4.07. The van der Waals surface area contributed by atoms with Crippen LogP contribution in [0.3, 0.4) is 0 Å². The van der Waals surface area contributed by atoms with E-state index in [9.17, 15) is 4.79 Å². The van der Waals surface area contributed by atoms with Crippen molar-refractivity contribution >= 4 is 17.6 Å². The van der Waals surface area contributed by atoms with E-state index in [1.165, 1.54) is 0 Å². The van der Waals surface area contributed by atoms with Crippen LogP contribution in [-0.4, -0.2) is 22.6 Å². The minimum atomic E-state index is -0.275. The SMILES string of the molecule is CCCNc1ccccc1C(=O)Nc1nc(C)no1. The zero-order valence-electron chi connectivity index (χ0n) is 10.9. The van der Waals surface area contributed by atoms with Gasteiger partial charge in [-0.25, -0.2) is 0 Å². The van der Waals surface area contributed by atoms with E-state index in [0.717, 1.165) is 18.7 Å². The molecule has 2 aromatic rings. The number of aromatic nitrogens is 2. The summed E-state index contributed by atoms with van der Waals surface area (Å²) in [5.74, 6) is 0.204. The summed E-state index contributed by atoms with van der Waals surface area (Å²) in [4.78, 5) is 16.1. The molecule has 0 radical (unpaired) electrons. The molecule has 100 valence electrons. The third-order valence-corrected chi connectivity index (χ3v) is 2.49. The average Bonchev–Trinajstić information content (AvgIpc) is 2.82. The number of aryl methyl sites for hydroxylation is 1. The highest BCUT2D eigenvalue weighted by Gasteiger charge is 2.13. The van der Waals surface area contributed by atoms with E-state index < -0.39 is 0 Å². The molecule has 1 aromatic carbocycles. The molecule has 2 rings (SSSR count). The number of nitrogens with one attached hydrogen (secondary N) is 2. The van der Waals surface area contributed by atoms with Crippen molar-refractivity contribution in [3.05, 3.63) is 35.7 Å². The van der Waals surface area contributed by atoms with E-state index in [1.807, 2.05) is 18.2 Å².